The molecule has 104 valence electrons. The van der Waals surface area contributed by atoms with E-state index in [2.05, 4.69) is 10.3 Å². The van der Waals surface area contributed by atoms with E-state index in [0.29, 0.717) is 29.4 Å². The van der Waals surface area contributed by atoms with Gasteiger partial charge in [0.1, 0.15) is 5.69 Å². The Morgan fingerprint density at radius 3 is 2.75 bits per heavy atom. The van der Waals surface area contributed by atoms with E-state index >= 15 is 0 Å². The largest absolute Gasteiger partial charge is 0.399 e. The number of hydrogen-bond donors (Lipinski definition) is 2. The van der Waals surface area contributed by atoms with Crippen LogP contribution in [0.25, 0.3) is 0 Å². The van der Waals surface area contributed by atoms with Crippen molar-refractivity contribution < 1.29 is 9.59 Å². The van der Waals surface area contributed by atoms with E-state index in [0.717, 1.165) is 5.56 Å². The van der Waals surface area contributed by atoms with Gasteiger partial charge < -0.3 is 11.1 Å². The summed E-state index contributed by atoms with van der Waals surface area (Å²) in [7, 11) is 0. The van der Waals surface area contributed by atoms with Crippen molar-refractivity contribution in [2.75, 3.05) is 11.1 Å². The lowest BCUT2D eigenvalue weighted by molar-refractivity contribution is -0.116. The van der Waals surface area contributed by atoms with Crippen LogP contribution in [0.1, 0.15) is 29.4 Å². The number of hydrogen-bond acceptors (Lipinski definition) is 5. The van der Waals surface area contributed by atoms with Gasteiger partial charge in [-0.15, -0.1) is 11.3 Å². The third kappa shape index (κ3) is 3.64. The number of nitrogen functional groups attached to an aromatic ring is 1. The number of rotatable bonds is 5. The fourth-order valence-corrected chi connectivity index (χ4v) is 2.45. The summed E-state index contributed by atoms with van der Waals surface area (Å²) in [5.74, 6) is -0.253. The quantitative estimate of drug-likeness (QED) is 0.654. The predicted octanol–water partition coefficient (Wildman–Crippen LogP) is 2.50. The third-order valence-corrected chi connectivity index (χ3v) is 3.55. The van der Waals surface area contributed by atoms with Crippen molar-refractivity contribution in [3.8, 4) is 0 Å². The highest BCUT2D eigenvalue weighted by Crippen LogP contribution is 2.17. The lowest BCUT2D eigenvalue weighted by Gasteiger charge is -2.05. The molecule has 2 aromatic rings. The summed E-state index contributed by atoms with van der Waals surface area (Å²) < 4.78 is 0. The fourth-order valence-electron chi connectivity index (χ4n) is 1.68. The number of anilines is 2. The van der Waals surface area contributed by atoms with E-state index in [1.807, 2.05) is 24.3 Å². The van der Waals surface area contributed by atoms with Crippen LogP contribution in [0.3, 0.4) is 0 Å². The second kappa shape index (κ2) is 6.29. The Labute approximate surface area is 120 Å². The first-order valence-electron chi connectivity index (χ1n) is 6.16. The maximum absolute atomic E-state index is 11.8. The smallest absolute Gasteiger partial charge is 0.226 e. The first-order chi connectivity index (χ1) is 9.56. The summed E-state index contributed by atoms with van der Waals surface area (Å²) in [6.07, 6.45) is 0.895. The number of Topliss-reactive ketones (excluding diaryl/α,β-unsaturated/α-hetero) is 1. The number of carbonyl (C=O) groups is 2. The molecule has 6 heteroatoms. The van der Waals surface area contributed by atoms with Crippen LogP contribution >= 0.6 is 11.3 Å². The minimum Gasteiger partial charge on any atom is -0.399 e. The van der Waals surface area contributed by atoms with Gasteiger partial charge in [0.2, 0.25) is 5.91 Å². The molecule has 0 aliphatic rings. The van der Waals surface area contributed by atoms with Gasteiger partial charge in [-0.3, -0.25) is 9.59 Å². The summed E-state index contributed by atoms with van der Waals surface area (Å²) in [6, 6.07) is 7.47. The van der Waals surface area contributed by atoms with E-state index in [1.165, 1.54) is 18.3 Å². The molecular weight excluding hydrogens is 274 g/mol. The molecule has 3 N–H and O–H groups in total. The normalized spacial score (nSPS) is 10.2. The molecule has 0 saturated heterocycles. The fraction of sp³-hybridized carbons (Fsp3) is 0.214. The van der Waals surface area contributed by atoms with Gasteiger partial charge >= 0.3 is 0 Å². The van der Waals surface area contributed by atoms with Crippen LogP contribution in [0.4, 0.5) is 10.8 Å². The third-order valence-electron chi connectivity index (χ3n) is 2.79. The lowest BCUT2D eigenvalue weighted by Crippen LogP contribution is -2.12. The van der Waals surface area contributed by atoms with Gasteiger partial charge in [-0.25, -0.2) is 4.98 Å². The first kappa shape index (κ1) is 14.2. The molecule has 5 nitrogen and oxygen atoms in total. The van der Waals surface area contributed by atoms with Crippen LogP contribution in [0.2, 0.25) is 0 Å². The molecule has 0 saturated carbocycles. The minimum absolute atomic E-state index is 0.112. The Morgan fingerprint density at radius 2 is 2.10 bits per heavy atom. The van der Waals surface area contributed by atoms with Crippen LogP contribution in [-0.2, 0) is 11.2 Å². The second-order valence-electron chi connectivity index (χ2n) is 4.34. The molecule has 1 heterocycles. The topological polar surface area (TPSA) is 85.1 Å². The van der Waals surface area contributed by atoms with Crippen molar-refractivity contribution in [2.45, 2.75) is 19.8 Å². The molecule has 0 aliphatic carbocycles. The molecule has 2 rings (SSSR count). The van der Waals surface area contributed by atoms with E-state index < -0.39 is 0 Å². The summed E-state index contributed by atoms with van der Waals surface area (Å²) in [4.78, 5) is 27.0. The van der Waals surface area contributed by atoms with Crippen LogP contribution < -0.4 is 11.1 Å². The Hall–Kier alpha value is -2.21. The van der Waals surface area contributed by atoms with Crippen molar-refractivity contribution >= 4 is 33.8 Å². The van der Waals surface area contributed by atoms with E-state index in [1.54, 1.807) is 5.38 Å². The van der Waals surface area contributed by atoms with Crippen LogP contribution in [-0.4, -0.2) is 16.7 Å². The van der Waals surface area contributed by atoms with E-state index in [-0.39, 0.29) is 11.7 Å². The zero-order chi connectivity index (χ0) is 14.5. The summed E-state index contributed by atoms with van der Waals surface area (Å²) >= 11 is 1.24. The molecule has 1 aromatic heterocycles. The molecule has 0 spiro atoms. The molecule has 0 fully saturated rings. The lowest BCUT2D eigenvalue weighted by atomic mass is 10.1. The second-order valence-corrected chi connectivity index (χ2v) is 5.20. The highest BCUT2D eigenvalue weighted by molar-refractivity contribution is 7.14. The van der Waals surface area contributed by atoms with Gasteiger partial charge in [0.25, 0.3) is 0 Å². The van der Waals surface area contributed by atoms with Crippen LogP contribution in [0.15, 0.2) is 29.6 Å². The van der Waals surface area contributed by atoms with Crippen molar-refractivity contribution in [1.82, 2.24) is 4.98 Å². The number of thiazole rings is 1. The number of benzene rings is 1. The number of aromatic nitrogens is 1. The highest BCUT2D eigenvalue weighted by atomic mass is 32.1. The summed E-state index contributed by atoms with van der Waals surface area (Å²) in [6.45, 7) is 1.44. The van der Waals surface area contributed by atoms with Gasteiger partial charge in [0.15, 0.2) is 10.9 Å². The average Bonchev–Trinajstić information content (AvgIpc) is 2.86. The number of para-hydroxylation sites is 1. The minimum atomic E-state index is -0.141. The van der Waals surface area contributed by atoms with Crippen LogP contribution in [0, 0.1) is 0 Å². The van der Waals surface area contributed by atoms with Gasteiger partial charge in [0, 0.05) is 24.4 Å². The maximum atomic E-state index is 11.8. The van der Waals surface area contributed by atoms with Gasteiger partial charge in [-0.05, 0) is 18.1 Å². The number of nitrogens with two attached hydrogens (primary N) is 1. The van der Waals surface area contributed by atoms with E-state index in [4.69, 9.17) is 5.73 Å². The molecule has 0 bridgehead atoms. The first-order valence-corrected chi connectivity index (χ1v) is 7.04. The molecule has 0 aliphatic heterocycles. The van der Waals surface area contributed by atoms with Gasteiger partial charge in [-0.2, -0.15) is 0 Å². The average molecular weight is 289 g/mol. The van der Waals surface area contributed by atoms with Crippen molar-refractivity contribution in [2.24, 2.45) is 0 Å². The molecular formula is C14H15N3O2S. The van der Waals surface area contributed by atoms with Gasteiger partial charge in [0.05, 0.1) is 0 Å². The van der Waals surface area contributed by atoms with Crippen molar-refractivity contribution in [1.29, 1.82) is 0 Å². The number of nitrogens with one attached hydrogen (secondary N) is 1. The Bertz CT molecular complexity index is 637. The zero-order valence-corrected chi connectivity index (χ0v) is 11.9. The number of amides is 1. The Morgan fingerprint density at radius 1 is 1.35 bits per heavy atom. The molecule has 0 radical (unpaired) electrons. The molecule has 20 heavy (non-hydrogen) atoms. The summed E-state index contributed by atoms with van der Waals surface area (Å²) in [5.41, 5.74) is 7.83. The van der Waals surface area contributed by atoms with Gasteiger partial charge in [-0.1, -0.05) is 18.2 Å². The predicted molar refractivity (Wildman–Crippen MR) is 79.9 cm³/mol. The molecule has 1 aromatic carbocycles. The highest BCUT2D eigenvalue weighted by Gasteiger charge is 2.09. The number of aryl methyl sites for hydroxylation is 1. The Kier molecular flexibility index (Phi) is 4.47. The van der Waals surface area contributed by atoms with Crippen molar-refractivity contribution in [3.63, 3.8) is 0 Å². The number of ketones is 1. The molecule has 0 unspecified atom stereocenters. The number of carbonyl (C=O) groups excluding carboxylic acids is 2. The number of nitrogens with zero attached hydrogens (tertiary/aromatic N) is 1. The standard InChI is InChI=1S/C14H15N3O2S/c1-9(18)12-8-20-14(16-12)17-13(19)7-6-10-4-2-3-5-11(10)15/h2-5,8H,6-7,15H2,1H3,(H,16,17,19). The maximum Gasteiger partial charge on any atom is 0.226 e. The Balaban J connectivity index is 1.89. The molecule has 0 atom stereocenters. The van der Waals surface area contributed by atoms with Crippen molar-refractivity contribution in [3.05, 3.63) is 40.9 Å². The van der Waals surface area contributed by atoms with Crippen LogP contribution in [0.5, 0.6) is 0 Å². The molecule has 1 amide bonds. The summed E-state index contributed by atoms with van der Waals surface area (Å²) in [5, 5.41) is 4.76. The zero-order valence-electron chi connectivity index (χ0n) is 11.1. The monoisotopic (exact) mass is 289 g/mol. The van der Waals surface area contributed by atoms with E-state index in [9.17, 15) is 9.59 Å². The SMILES string of the molecule is CC(=O)c1csc(NC(=O)CCc2ccccc2N)n1.